The molecule has 100 valence electrons. The summed E-state index contributed by atoms with van der Waals surface area (Å²) in [6, 6.07) is 0.331. The summed E-state index contributed by atoms with van der Waals surface area (Å²) in [6.07, 6.45) is 9.54. The molecule has 0 saturated heterocycles. The van der Waals surface area contributed by atoms with Gasteiger partial charge in [0.2, 0.25) is 0 Å². The van der Waals surface area contributed by atoms with Gasteiger partial charge in [0.25, 0.3) is 0 Å². The average molecular weight is 241 g/mol. The lowest BCUT2D eigenvalue weighted by molar-refractivity contribution is 0.113. The van der Waals surface area contributed by atoms with Crippen molar-refractivity contribution < 1.29 is 9.84 Å². The van der Waals surface area contributed by atoms with E-state index in [2.05, 4.69) is 5.32 Å². The zero-order valence-corrected chi connectivity index (χ0v) is 11.1. The summed E-state index contributed by atoms with van der Waals surface area (Å²) in [5, 5.41) is 13.7. The molecular formula is C14H27NO2. The number of hydrogen-bond donors (Lipinski definition) is 2. The van der Waals surface area contributed by atoms with Crippen molar-refractivity contribution >= 4 is 0 Å². The number of ether oxygens (including phenoxy) is 1. The third-order valence-corrected chi connectivity index (χ3v) is 4.51. The Morgan fingerprint density at radius 2 is 2.00 bits per heavy atom. The highest BCUT2D eigenvalue weighted by atomic mass is 16.5. The second kappa shape index (κ2) is 6.17. The molecule has 0 radical (unpaired) electrons. The van der Waals surface area contributed by atoms with Gasteiger partial charge in [-0.25, -0.2) is 0 Å². The first-order valence-electron chi connectivity index (χ1n) is 7.16. The molecule has 0 aromatic carbocycles. The minimum Gasteiger partial charge on any atom is -0.392 e. The summed E-state index contributed by atoms with van der Waals surface area (Å²) in [5.41, 5.74) is 0.488. The highest BCUT2D eigenvalue weighted by Gasteiger charge is 2.42. The summed E-state index contributed by atoms with van der Waals surface area (Å²) in [4.78, 5) is 0. The van der Waals surface area contributed by atoms with Crippen molar-refractivity contribution in [3.63, 3.8) is 0 Å². The molecule has 3 heteroatoms. The topological polar surface area (TPSA) is 41.5 Å². The molecule has 2 aliphatic rings. The molecule has 3 nitrogen and oxygen atoms in total. The molecule has 0 aliphatic heterocycles. The molecule has 0 heterocycles. The Hall–Kier alpha value is -0.120. The Morgan fingerprint density at radius 3 is 2.71 bits per heavy atom. The van der Waals surface area contributed by atoms with Crippen molar-refractivity contribution in [1.82, 2.24) is 5.32 Å². The summed E-state index contributed by atoms with van der Waals surface area (Å²) in [7, 11) is 1.78. The number of nitrogens with one attached hydrogen (secondary N) is 1. The van der Waals surface area contributed by atoms with Gasteiger partial charge in [-0.05, 0) is 37.5 Å². The number of hydrogen-bond acceptors (Lipinski definition) is 3. The van der Waals surface area contributed by atoms with E-state index in [9.17, 15) is 5.11 Å². The van der Waals surface area contributed by atoms with Gasteiger partial charge in [0.05, 0.1) is 6.10 Å². The largest absolute Gasteiger partial charge is 0.392 e. The van der Waals surface area contributed by atoms with Crippen LogP contribution in [0.5, 0.6) is 0 Å². The van der Waals surface area contributed by atoms with E-state index in [-0.39, 0.29) is 6.10 Å². The van der Waals surface area contributed by atoms with E-state index >= 15 is 0 Å². The van der Waals surface area contributed by atoms with Crippen LogP contribution in [0.1, 0.15) is 51.4 Å². The minimum absolute atomic E-state index is 0.129. The molecule has 2 fully saturated rings. The van der Waals surface area contributed by atoms with Gasteiger partial charge in [-0.2, -0.15) is 0 Å². The average Bonchev–Trinajstić information content (AvgIpc) is 3.11. The van der Waals surface area contributed by atoms with Gasteiger partial charge in [-0.3, -0.25) is 0 Å². The summed E-state index contributed by atoms with van der Waals surface area (Å²) in [5.74, 6) is 0. The Bertz CT molecular complexity index is 228. The molecule has 0 aromatic heterocycles. The smallest absolute Gasteiger partial charge is 0.0693 e. The molecule has 2 unspecified atom stereocenters. The third kappa shape index (κ3) is 3.94. The summed E-state index contributed by atoms with van der Waals surface area (Å²) >= 11 is 0. The number of methoxy groups -OCH3 is 1. The zero-order valence-electron chi connectivity index (χ0n) is 11.1. The molecule has 0 bridgehead atoms. The minimum atomic E-state index is -0.129. The number of aliphatic hydroxyl groups is 1. The predicted octanol–water partition coefficient (Wildman–Crippen LogP) is 2.09. The van der Waals surface area contributed by atoms with Crippen LogP contribution in [0, 0.1) is 5.41 Å². The summed E-state index contributed by atoms with van der Waals surface area (Å²) < 4.78 is 5.17. The lowest BCUT2D eigenvalue weighted by atomic mass is 10.0. The second-order valence-electron chi connectivity index (χ2n) is 5.94. The standard InChI is InChI=1S/C14H27NO2/c1-17-10-9-14(7-8-14)11-15-12-5-3-2-4-6-13(12)16/h12-13,15-16H,2-11H2,1H3. The SMILES string of the molecule is COCCC1(CNC2CCCCCC2O)CC1. The van der Waals surface area contributed by atoms with E-state index in [0.717, 1.165) is 26.0 Å². The van der Waals surface area contributed by atoms with E-state index in [1.807, 2.05) is 0 Å². The van der Waals surface area contributed by atoms with E-state index in [4.69, 9.17) is 4.74 Å². The van der Waals surface area contributed by atoms with Crippen molar-refractivity contribution in [2.75, 3.05) is 20.3 Å². The molecule has 2 N–H and O–H groups in total. The van der Waals surface area contributed by atoms with E-state index in [0.29, 0.717) is 11.5 Å². The first kappa shape index (κ1) is 13.3. The molecule has 2 rings (SSSR count). The van der Waals surface area contributed by atoms with Crippen LogP contribution in [0.15, 0.2) is 0 Å². The van der Waals surface area contributed by atoms with Crippen LogP contribution in [0.25, 0.3) is 0 Å². The molecule has 0 spiro atoms. The Morgan fingerprint density at radius 1 is 1.24 bits per heavy atom. The monoisotopic (exact) mass is 241 g/mol. The van der Waals surface area contributed by atoms with Gasteiger partial charge in [0, 0.05) is 26.3 Å². The Balaban J connectivity index is 1.72. The van der Waals surface area contributed by atoms with Crippen LogP contribution >= 0.6 is 0 Å². The first-order valence-corrected chi connectivity index (χ1v) is 7.16. The first-order chi connectivity index (χ1) is 8.26. The normalized spacial score (nSPS) is 32.1. The number of rotatable bonds is 6. The fourth-order valence-corrected chi connectivity index (χ4v) is 2.88. The van der Waals surface area contributed by atoms with Crippen molar-refractivity contribution in [1.29, 1.82) is 0 Å². The third-order valence-electron chi connectivity index (χ3n) is 4.51. The van der Waals surface area contributed by atoms with Crippen LogP contribution in [0.2, 0.25) is 0 Å². The fraction of sp³-hybridized carbons (Fsp3) is 1.00. The van der Waals surface area contributed by atoms with E-state index < -0.39 is 0 Å². The molecule has 2 aliphatic carbocycles. The maximum Gasteiger partial charge on any atom is 0.0693 e. The molecule has 2 atom stereocenters. The van der Waals surface area contributed by atoms with Gasteiger partial charge in [-0.1, -0.05) is 19.3 Å². The van der Waals surface area contributed by atoms with Crippen LogP contribution in [0.4, 0.5) is 0 Å². The van der Waals surface area contributed by atoms with Crippen molar-refractivity contribution in [2.45, 2.75) is 63.5 Å². The van der Waals surface area contributed by atoms with Crippen molar-refractivity contribution in [3.05, 3.63) is 0 Å². The highest BCUT2D eigenvalue weighted by Crippen LogP contribution is 2.48. The Kier molecular flexibility index (Phi) is 4.83. The second-order valence-corrected chi connectivity index (χ2v) is 5.94. The zero-order chi connectivity index (χ0) is 12.1. The molecule has 2 saturated carbocycles. The predicted molar refractivity (Wildman–Crippen MR) is 69.0 cm³/mol. The molecule has 0 aromatic rings. The molecule has 0 amide bonds. The molecule has 17 heavy (non-hydrogen) atoms. The lowest BCUT2D eigenvalue weighted by Crippen LogP contribution is -2.42. The van der Waals surface area contributed by atoms with E-state index in [1.54, 1.807) is 7.11 Å². The number of aliphatic hydroxyl groups excluding tert-OH is 1. The maximum atomic E-state index is 10.1. The van der Waals surface area contributed by atoms with Gasteiger partial charge in [-0.15, -0.1) is 0 Å². The Labute approximate surface area is 105 Å². The highest BCUT2D eigenvalue weighted by molar-refractivity contribution is 4.96. The van der Waals surface area contributed by atoms with Gasteiger partial charge in [0.1, 0.15) is 0 Å². The van der Waals surface area contributed by atoms with Crippen molar-refractivity contribution in [2.24, 2.45) is 5.41 Å². The summed E-state index contributed by atoms with van der Waals surface area (Å²) in [6.45, 7) is 1.94. The van der Waals surface area contributed by atoms with Gasteiger partial charge < -0.3 is 15.2 Å². The van der Waals surface area contributed by atoms with Gasteiger partial charge >= 0.3 is 0 Å². The fourth-order valence-electron chi connectivity index (χ4n) is 2.88. The van der Waals surface area contributed by atoms with Gasteiger partial charge in [0.15, 0.2) is 0 Å². The van der Waals surface area contributed by atoms with Crippen LogP contribution < -0.4 is 5.32 Å². The molecular weight excluding hydrogens is 214 g/mol. The van der Waals surface area contributed by atoms with Crippen LogP contribution in [-0.2, 0) is 4.74 Å². The maximum absolute atomic E-state index is 10.1. The van der Waals surface area contributed by atoms with E-state index in [1.165, 1.54) is 38.5 Å². The van der Waals surface area contributed by atoms with Crippen LogP contribution in [-0.4, -0.2) is 37.5 Å². The lowest BCUT2D eigenvalue weighted by Gasteiger charge is -2.25. The quantitative estimate of drug-likeness (QED) is 0.700. The van der Waals surface area contributed by atoms with Crippen molar-refractivity contribution in [3.8, 4) is 0 Å². The van der Waals surface area contributed by atoms with Crippen LogP contribution in [0.3, 0.4) is 0 Å².